The van der Waals surface area contributed by atoms with E-state index in [0.717, 1.165) is 10.8 Å². The fraction of sp³-hybridized carbons (Fsp3) is 0.188. The molecular formula is C16H17N3O3S. The third-order valence-corrected chi connectivity index (χ3v) is 3.20. The summed E-state index contributed by atoms with van der Waals surface area (Å²) >= 11 is 4.86. The molecule has 6 nitrogen and oxygen atoms in total. The standard InChI is InChI=1S/C16H17N3O3S/c1-2-14(20)17-16(23)19-18-15(21)10-22-13-9-5-7-11-6-3-4-8-12(11)13/h3-9H,2,10H2,1H3,(H,18,21)(H2,17,19,20,23). The molecule has 120 valence electrons. The predicted octanol–water partition coefficient (Wildman–Crippen LogP) is 1.65. The minimum atomic E-state index is -0.411. The second-order valence-electron chi connectivity index (χ2n) is 4.67. The van der Waals surface area contributed by atoms with Crippen molar-refractivity contribution in [2.75, 3.05) is 6.61 Å². The van der Waals surface area contributed by atoms with E-state index in [1.54, 1.807) is 13.0 Å². The molecule has 2 aromatic rings. The molecular weight excluding hydrogens is 314 g/mol. The van der Waals surface area contributed by atoms with E-state index in [-0.39, 0.29) is 17.6 Å². The number of fused-ring (bicyclic) bond motifs is 1. The molecule has 0 aromatic heterocycles. The van der Waals surface area contributed by atoms with E-state index in [1.165, 1.54) is 0 Å². The van der Waals surface area contributed by atoms with Gasteiger partial charge in [0, 0.05) is 11.8 Å². The van der Waals surface area contributed by atoms with E-state index in [0.29, 0.717) is 12.2 Å². The smallest absolute Gasteiger partial charge is 0.276 e. The summed E-state index contributed by atoms with van der Waals surface area (Å²) in [6.45, 7) is 1.53. The molecule has 0 heterocycles. The molecule has 2 aromatic carbocycles. The Kier molecular flexibility index (Phi) is 5.87. The fourth-order valence-corrected chi connectivity index (χ4v) is 2.04. The third-order valence-electron chi connectivity index (χ3n) is 3.00. The van der Waals surface area contributed by atoms with Crippen molar-refractivity contribution in [1.82, 2.24) is 16.2 Å². The van der Waals surface area contributed by atoms with Crippen molar-refractivity contribution in [3.63, 3.8) is 0 Å². The number of benzene rings is 2. The molecule has 0 bridgehead atoms. The van der Waals surface area contributed by atoms with E-state index in [4.69, 9.17) is 17.0 Å². The molecule has 7 heteroatoms. The van der Waals surface area contributed by atoms with Crippen molar-refractivity contribution >= 4 is 39.9 Å². The molecule has 0 unspecified atom stereocenters. The molecule has 0 atom stereocenters. The summed E-state index contributed by atoms with van der Waals surface area (Å²) < 4.78 is 5.53. The first kappa shape index (κ1) is 16.7. The van der Waals surface area contributed by atoms with Gasteiger partial charge < -0.3 is 10.1 Å². The number of thiocarbonyl (C=S) groups is 1. The second kappa shape index (κ2) is 8.09. The summed E-state index contributed by atoms with van der Waals surface area (Å²) in [5.41, 5.74) is 4.80. The first-order chi connectivity index (χ1) is 11.1. The van der Waals surface area contributed by atoms with E-state index in [9.17, 15) is 9.59 Å². The lowest BCUT2D eigenvalue weighted by Gasteiger charge is -2.12. The van der Waals surface area contributed by atoms with E-state index >= 15 is 0 Å². The van der Waals surface area contributed by atoms with Crippen LogP contribution in [0.4, 0.5) is 0 Å². The van der Waals surface area contributed by atoms with Crippen LogP contribution in [0.25, 0.3) is 10.8 Å². The van der Waals surface area contributed by atoms with Crippen molar-refractivity contribution in [1.29, 1.82) is 0 Å². The maximum absolute atomic E-state index is 11.7. The highest BCUT2D eigenvalue weighted by molar-refractivity contribution is 7.80. The van der Waals surface area contributed by atoms with Gasteiger partial charge in [0.2, 0.25) is 5.91 Å². The Morgan fingerprint density at radius 2 is 1.78 bits per heavy atom. The number of ether oxygens (including phenoxy) is 1. The number of amides is 2. The number of carbonyl (C=O) groups excluding carboxylic acids is 2. The fourth-order valence-electron chi connectivity index (χ4n) is 1.87. The van der Waals surface area contributed by atoms with Gasteiger partial charge in [-0.05, 0) is 23.7 Å². The highest BCUT2D eigenvalue weighted by atomic mass is 32.1. The number of hydrogen-bond acceptors (Lipinski definition) is 4. The lowest BCUT2D eigenvalue weighted by molar-refractivity contribution is -0.124. The highest BCUT2D eigenvalue weighted by Gasteiger charge is 2.07. The van der Waals surface area contributed by atoms with Crippen molar-refractivity contribution in [3.8, 4) is 5.75 Å². The molecule has 0 spiro atoms. The molecule has 0 aliphatic heterocycles. The van der Waals surface area contributed by atoms with Crippen molar-refractivity contribution in [3.05, 3.63) is 42.5 Å². The van der Waals surface area contributed by atoms with Crippen molar-refractivity contribution in [2.24, 2.45) is 0 Å². The normalized spacial score (nSPS) is 9.96. The van der Waals surface area contributed by atoms with Gasteiger partial charge in [-0.1, -0.05) is 43.3 Å². The zero-order chi connectivity index (χ0) is 16.7. The van der Waals surface area contributed by atoms with E-state index < -0.39 is 5.91 Å². The topological polar surface area (TPSA) is 79.5 Å². The molecule has 23 heavy (non-hydrogen) atoms. The molecule has 2 amide bonds. The van der Waals surface area contributed by atoms with Crippen LogP contribution in [0, 0.1) is 0 Å². The van der Waals surface area contributed by atoms with Crippen LogP contribution in [-0.2, 0) is 9.59 Å². The lowest BCUT2D eigenvalue weighted by atomic mass is 10.1. The van der Waals surface area contributed by atoms with Gasteiger partial charge in [0.25, 0.3) is 5.91 Å². The van der Waals surface area contributed by atoms with Gasteiger partial charge >= 0.3 is 0 Å². The van der Waals surface area contributed by atoms with Gasteiger partial charge in [-0.3, -0.25) is 20.4 Å². The number of rotatable bonds is 4. The monoisotopic (exact) mass is 331 g/mol. The van der Waals surface area contributed by atoms with Crippen LogP contribution < -0.4 is 20.9 Å². The van der Waals surface area contributed by atoms with Crippen LogP contribution in [0.3, 0.4) is 0 Å². The molecule has 0 aliphatic rings. The van der Waals surface area contributed by atoms with Gasteiger partial charge in [-0.2, -0.15) is 0 Å². The van der Waals surface area contributed by atoms with Crippen LogP contribution in [0.2, 0.25) is 0 Å². The summed E-state index contributed by atoms with van der Waals surface area (Å²) in [5.74, 6) is -0.0186. The van der Waals surface area contributed by atoms with Gasteiger partial charge in [-0.15, -0.1) is 0 Å². The Hall–Kier alpha value is -2.67. The third kappa shape index (κ3) is 4.93. The highest BCUT2D eigenvalue weighted by Crippen LogP contribution is 2.24. The summed E-state index contributed by atoms with van der Waals surface area (Å²) in [6.07, 6.45) is 0.306. The average Bonchev–Trinajstić information content (AvgIpc) is 2.57. The van der Waals surface area contributed by atoms with Gasteiger partial charge in [-0.25, -0.2) is 0 Å². The second-order valence-corrected chi connectivity index (χ2v) is 5.08. The van der Waals surface area contributed by atoms with Crippen LogP contribution in [0.15, 0.2) is 42.5 Å². The zero-order valence-corrected chi connectivity index (χ0v) is 13.4. The van der Waals surface area contributed by atoms with Gasteiger partial charge in [0.15, 0.2) is 11.7 Å². The van der Waals surface area contributed by atoms with Gasteiger partial charge in [0.05, 0.1) is 0 Å². The maximum atomic E-state index is 11.7. The SMILES string of the molecule is CCC(=O)NC(=S)NNC(=O)COc1cccc2ccccc12. The summed E-state index contributed by atoms with van der Waals surface area (Å²) in [4.78, 5) is 22.9. The Morgan fingerprint density at radius 1 is 1.04 bits per heavy atom. The van der Waals surface area contributed by atoms with Crippen LogP contribution >= 0.6 is 12.2 Å². The van der Waals surface area contributed by atoms with E-state index in [2.05, 4.69) is 16.2 Å². The molecule has 2 rings (SSSR count). The molecule has 0 saturated carbocycles. The zero-order valence-electron chi connectivity index (χ0n) is 12.6. The Bertz CT molecular complexity index is 728. The first-order valence-corrected chi connectivity index (χ1v) is 7.50. The van der Waals surface area contributed by atoms with Crippen LogP contribution in [0.1, 0.15) is 13.3 Å². The van der Waals surface area contributed by atoms with Crippen molar-refractivity contribution < 1.29 is 14.3 Å². The molecule has 0 aliphatic carbocycles. The van der Waals surface area contributed by atoms with Gasteiger partial charge in [0.1, 0.15) is 5.75 Å². The molecule has 0 fully saturated rings. The minimum absolute atomic E-state index is 0.0374. The van der Waals surface area contributed by atoms with E-state index in [1.807, 2.05) is 36.4 Å². The number of carbonyl (C=O) groups is 2. The number of hydrazine groups is 1. The average molecular weight is 331 g/mol. The number of nitrogens with one attached hydrogen (secondary N) is 3. The lowest BCUT2D eigenvalue weighted by Crippen LogP contribution is -2.49. The molecule has 0 saturated heterocycles. The number of hydrogen-bond donors (Lipinski definition) is 3. The largest absolute Gasteiger partial charge is 0.483 e. The quantitative estimate of drug-likeness (QED) is 0.586. The summed E-state index contributed by atoms with van der Waals surface area (Å²) in [5, 5.41) is 4.41. The summed E-state index contributed by atoms with van der Waals surface area (Å²) in [6, 6.07) is 13.4. The molecule has 3 N–H and O–H groups in total. The molecule has 0 radical (unpaired) electrons. The predicted molar refractivity (Wildman–Crippen MR) is 91.8 cm³/mol. The Morgan fingerprint density at radius 3 is 2.57 bits per heavy atom. The minimum Gasteiger partial charge on any atom is -0.483 e. The Balaban J connectivity index is 1.84. The van der Waals surface area contributed by atoms with Crippen LogP contribution in [-0.4, -0.2) is 23.5 Å². The van der Waals surface area contributed by atoms with Crippen LogP contribution in [0.5, 0.6) is 5.75 Å². The Labute approximate surface area is 139 Å². The maximum Gasteiger partial charge on any atom is 0.276 e. The summed E-state index contributed by atoms with van der Waals surface area (Å²) in [7, 11) is 0. The van der Waals surface area contributed by atoms with Crippen molar-refractivity contribution in [2.45, 2.75) is 13.3 Å². The first-order valence-electron chi connectivity index (χ1n) is 7.09.